The molecule has 2 heterocycles. The van der Waals surface area contributed by atoms with Crippen LogP contribution < -0.4 is 5.56 Å². The molecule has 0 saturated heterocycles. The molecule has 0 N–H and O–H groups in total. The van der Waals surface area contributed by atoms with Gasteiger partial charge in [0.05, 0.1) is 0 Å². The monoisotopic (exact) mass is 238 g/mol. The van der Waals surface area contributed by atoms with Crippen molar-refractivity contribution in [3.63, 3.8) is 0 Å². The quantitative estimate of drug-likeness (QED) is 0.702. The Morgan fingerprint density at radius 3 is 3.08 bits per heavy atom. The lowest BCUT2D eigenvalue weighted by Crippen LogP contribution is -2.16. The van der Waals surface area contributed by atoms with Crippen LogP contribution in [0.4, 0.5) is 0 Å². The van der Waals surface area contributed by atoms with E-state index in [2.05, 4.69) is 20.9 Å². The maximum absolute atomic E-state index is 11.5. The van der Waals surface area contributed by atoms with E-state index in [-0.39, 0.29) is 5.56 Å². The molecule has 0 atom stereocenters. The van der Waals surface area contributed by atoms with Gasteiger partial charge in [0.15, 0.2) is 0 Å². The van der Waals surface area contributed by atoms with Crippen molar-refractivity contribution in [3.05, 3.63) is 44.9 Å². The van der Waals surface area contributed by atoms with Gasteiger partial charge in [0.2, 0.25) is 0 Å². The molecule has 0 amide bonds. The molecule has 66 valence electrons. The largest absolute Gasteiger partial charge is 0.269 e. The molecule has 4 heteroatoms. The summed E-state index contributed by atoms with van der Waals surface area (Å²) in [4.78, 5) is 15.7. The standard InChI is InChI=1S/C9H7BrN2O/c1-6-5-11-8-4-7(10)2-3-12(8)9(6)13/h2-5H,1H3. The Bertz CT molecular complexity index is 518. The zero-order valence-electron chi connectivity index (χ0n) is 6.99. The normalized spacial score (nSPS) is 10.6. The first-order valence-corrected chi connectivity index (χ1v) is 4.61. The average molecular weight is 239 g/mol. The Balaban J connectivity index is 2.95. The van der Waals surface area contributed by atoms with Gasteiger partial charge in [0.25, 0.3) is 5.56 Å². The molecule has 0 spiro atoms. The van der Waals surface area contributed by atoms with E-state index >= 15 is 0 Å². The highest BCUT2D eigenvalue weighted by atomic mass is 79.9. The van der Waals surface area contributed by atoms with Crippen LogP contribution in [0.2, 0.25) is 0 Å². The van der Waals surface area contributed by atoms with E-state index in [1.54, 1.807) is 25.4 Å². The fourth-order valence-corrected chi connectivity index (χ4v) is 1.47. The molecule has 2 rings (SSSR count). The molecule has 0 aromatic carbocycles. The molecule has 2 aromatic rings. The lowest BCUT2D eigenvalue weighted by Gasteiger charge is -2.00. The van der Waals surface area contributed by atoms with Crippen molar-refractivity contribution in [3.8, 4) is 0 Å². The van der Waals surface area contributed by atoms with Gasteiger partial charge in [0, 0.05) is 22.4 Å². The Morgan fingerprint density at radius 1 is 1.54 bits per heavy atom. The molecular weight excluding hydrogens is 232 g/mol. The summed E-state index contributed by atoms with van der Waals surface area (Å²) in [5, 5.41) is 0. The van der Waals surface area contributed by atoms with Gasteiger partial charge in [-0.3, -0.25) is 9.20 Å². The summed E-state index contributed by atoms with van der Waals surface area (Å²) >= 11 is 3.32. The summed E-state index contributed by atoms with van der Waals surface area (Å²) in [5.74, 6) is 0. The molecule has 0 aliphatic rings. The lowest BCUT2D eigenvalue weighted by atomic mass is 10.3. The SMILES string of the molecule is Cc1cnc2cc(Br)ccn2c1=O. The third kappa shape index (κ3) is 1.37. The molecule has 0 radical (unpaired) electrons. The maximum Gasteiger partial charge on any atom is 0.260 e. The summed E-state index contributed by atoms with van der Waals surface area (Å²) in [5.41, 5.74) is 1.29. The molecule has 0 saturated carbocycles. The van der Waals surface area contributed by atoms with Crippen LogP contribution in [0.25, 0.3) is 5.65 Å². The highest BCUT2D eigenvalue weighted by molar-refractivity contribution is 9.10. The van der Waals surface area contributed by atoms with E-state index in [0.29, 0.717) is 11.2 Å². The van der Waals surface area contributed by atoms with E-state index in [1.807, 2.05) is 6.07 Å². The number of rotatable bonds is 0. The van der Waals surface area contributed by atoms with Gasteiger partial charge in [-0.2, -0.15) is 0 Å². The number of pyridine rings is 1. The predicted octanol–water partition coefficient (Wildman–Crippen LogP) is 1.77. The Kier molecular flexibility index (Phi) is 1.92. The summed E-state index contributed by atoms with van der Waals surface area (Å²) in [7, 11) is 0. The van der Waals surface area contributed by atoms with Crippen LogP contribution in [0.15, 0.2) is 33.8 Å². The van der Waals surface area contributed by atoms with Gasteiger partial charge in [-0.1, -0.05) is 15.9 Å². The van der Waals surface area contributed by atoms with E-state index in [9.17, 15) is 4.79 Å². The molecule has 0 unspecified atom stereocenters. The zero-order valence-corrected chi connectivity index (χ0v) is 8.58. The maximum atomic E-state index is 11.5. The van der Waals surface area contributed by atoms with Crippen LogP contribution >= 0.6 is 15.9 Å². The van der Waals surface area contributed by atoms with Crippen molar-refractivity contribution >= 4 is 21.6 Å². The van der Waals surface area contributed by atoms with Gasteiger partial charge in [-0.05, 0) is 19.1 Å². The Morgan fingerprint density at radius 2 is 2.31 bits per heavy atom. The van der Waals surface area contributed by atoms with Crippen LogP contribution in [0.5, 0.6) is 0 Å². The average Bonchev–Trinajstić information content (AvgIpc) is 2.12. The van der Waals surface area contributed by atoms with E-state index in [4.69, 9.17) is 0 Å². The molecule has 2 aromatic heterocycles. The molecule has 0 aliphatic heterocycles. The third-order valence-electron chi connectivity index (χ3n) is 1.84. The number of hydrogen-bond acceptors (Lipinski definition) is 2. The van der Waals surface area contributed by atoms with Gasteiger partial charge in [-0.25, -0.2) is 4.98 Å². The zero-order chi connectivity index (χ0) is 9.42. The Hall–Kier alpha value is -1.16. The number of aromatic nitrogens is 2. The van der Waals surface area contributed by atoms with Gasteiger partial charge >= 0.3 is 0 Å². The van der Waals surface area contributed by atoms with Crippen molar-refractivity contribution in [2.24, 2.45) is 0 Å². The first-order chi connectivity index (χ1) is 6.18. The smallest absolute Gasteiger partial charge is 0.260 e. The molecule has 0 aliphatic carbocycles. The van der Waals surface area contributed by atoms with E-state index < -0.39 is 0 Å². The minimum absolute atomic E-state index is 0.0162. The number of aryl methyl sites for hydroxylation is 1. The summed E-state index contributed by atoms with van der Waals surface area (Å²) in [6.07, 6.45) is 3.30. The minimum Gasteiger partial charge on any atom is -0.269 e. The number of nitrogens with zero attached hydrogens (tertiary/aromatic N) is 2. The molecule has 3 nitrogen and oxygen atoms in total. The van der Waals surface area contributed by atoms with Crippen molar-refractivity contribution < 1.29 is 0 Å². The first kappa shape index (κ1) is 8.44. The van der Waals surface area contributed by atoms with Crippen LogP contribution in [0.1, 0.15) is 5.56 Å². The van der Waals surface area contributed by atoms with Crippen molar-refractivity contribution in [2.75, 3.05) is 0 Å². The fraction of sp³-hybridized carbons (Fsp3) is 0.111. The van der Waals surface area contributed by atoms with E-state index in [1.165, 1.54) is 4.40 Å². The van der Waals surface area contributed by atoms with Crippen molar-refractivity contribution in [1.29, 1.82) is 0 Å². The fourth-order valence-electron chi connectivity index (χ4n) is 1.14. The van der Waals surface area contributed by atoms with Crippen LogP contribution in [-0.4, -0.2) is 9.38 Å². The van der Waals surface area contributed by atoms with Gasteiger partial charge < -0.3 is 0 Å². The second kappa shape index (κ2) is 2.96. The topological polar surface area (TPSA) is 34.4 Å². The predicted molar refractivity (Wildman–Crippen MR) is 53.9 cm³/mol. The van der Waals surface area contributed by atoms with Crippen LogP contribution in [-0.2, 0) is 0 Å². The van der Waals surface area contributed by atoms with Crippen LogP contribution in [0.3, 0.4) is 0 Å². The molecule has 0 fully saturated rings. The number of fused-ring (bicyclic) bond motifs is 1. The Labute approximate surface area is 83.2 Å². The minimum atomic E-state index is -0.0162. The highest BCUT2D eigenvalue weighted by Crippen LogP contribution is 2.09. The highest BCUT2D eigenvalue weighted by Gasteiger charge is 1.99. The second-order valence-electron chi connectivity index (χ2n) is 2.82. The van der Waals surface area contributed by atoms with Gasteiger partial charge in [0.1, 0.15) is 5.65 Å². The lowest BCUT2D eigenvalue weighted by molar-refractivity contribution is 1.01. The van der Waals surface area contributed by atoms with Crippen molar-refractivity contribution in [1.82, 2.24) is 9.38 Å². The summed E-state index contributed by atoms with van der Waals surface area (Å²) in [6, 6.07) is 3.62. The molecule has 0 bridgehead atoms. The van der Waals surface area contributed by atoms with Gasteiger partial charge in [-0.15, -0.1) is 0 Å². The molecular formula is C9H7BrN2O. The second-order valence-corrected chi connectivity index (χ2v) is 3.74. The van der Waals surface area contributed by atoms with E-state index in [0.717, 1.165) is 4.47 Å². The van der Waals surface area contributed by atoms with Crippen molar-refractivity contribution in [2.45, 2.75) is 6.92 Å². The molecule has 13 heavy (non-hydrogen) atoms. The number of halogens is 1. The first-order valence-electron chi connectivity index (χ1n) is 3.82. The summed E-state index contributed by atoms with van der Waals surface area (Å²) in [6.45, 7) is 1.75. The number of hydrogen-bond donors (Lipinski definition) is 0. The third-order valence-corrected chi connectivity index (χ3v) is 2.34. The summed E-state index contributed by atoms with van der Waals surface area (Å²) < 4.78 is 2.45. The van der Waals surface area contributed by atoms with Crippen LogP contribution in [0, 0.1) is 6.92 Å².